The van der Waals surface area contributed by atoms with Crippen LogP contribution < -0.4 is 0 Å². The van der Waals surface area contributed by atoms with E-state index in [0.29, 0.717) is 19.7 Å². The van der Waals surface area contributed by atoms with Crippen LogP contribution >= 0.6 is 22.7 Å². The molecule has 1 aliphatic rings. The molecule has 0 bridgehead atoms. The molecule has 2 aromatic heterocycles. The van der Waals surface area contributed by atoms with E-state index in [-0.39, 0.29) is 5.91 Å². The Morgan fingerprint density at radius 3 is 3.05 bits per heavy atom. The summed E-state index contributed by atoms with van der Waals surface area (Å²) in [5.41, 5.74) is 0. The fourth-order valence-electron chi connectivity index (χ4n) is 2.45. The molecule has 7 heteroatoms. The Balaban J connectivity index is 1.55. The number of thiophene rings is 1. The highest BCUT2D eigenvalue weighted by molar-refractivity contribution is 7.20. The van der Waals surface area contributed by atoms with Crippen LogP contribution in [0.5, 0.6) is 0 Å². The van der Waals surface area contributed by atoms with Crippen molar-refractivity contribution in [2.24, 2.45) is 0 Å². The summed E-state index contributed by atoms with van der Waals surface area (Å²) in [5, 5.41) is 3.13. The molecule has 1 amide bonds. The van der Waals surface area contributed by atoms with Crippen LogP contribution in [0.2, 0.25) is 0 Å². The number of thiazole rings is 1. The zero-order valence-corrected chi connectivity index (χ0v) is 14.2. The fourth-order valence-corrected chi connectivity index (χ4v) is 4.20. The zero-order chi connectivity index (χ0) is 15.4. The fraction of sp³-hybridized carbons (Fsp3) is 0.467. The lowest BCUT2D eigenvalue weighted by molar-refractivity contribution is -0.136. The van der Waals surface area contributed by atoms with E-state index in [4.69, 9.17) is 4.74 Å². The number of rotatable bonds is 6. The molecule has 3 heterocycles. The highest BCUT2D eigenvalue weighted by Gasteiger charge is 2.24. The van der Waals surface area contributed by atoms with Gasteiger partial charge in [0.05, 0.1) is 18.0 Å². The highest BCUT2D eigenvalue weighted by atomic mass is 32.1. The van der Waals surface area contributed by atoms with Crippen LogP contribution in [-0.4, -0.2) is 60.6 Å². The molecular weight excluding hydrogens is 318 g/mol. The topological polar surface area (TPSA) is 45.7 Å². The molecule has 22 heavy (non-hydrogen) atoms. The van der Waals surface area contributed by atoms with Crippen LogP contribution in [0.4, 0.5) is 0 Å². The quantitative estimate of drug-likeness (QED) is 0.810. The van der Waals surface area contributed by atoms with Crippen LogP contribution in [-0.2, 0) is 16.1 Å². The minimum atomic E-state index is 0.186. The number of amides is 1. The normalized spacial score (nSPS) is 16.4. The first-order valence-corrected chi connectivity index (χ1v) is 8.93. The Morgan fingerprint density at radius 2 is 2.32 bits per heavy atom. The summed E-state index contributed by atoms with van der Waals surface area (Å²) < 4.78 is 5.04. The molecule has 0 aromatic carbocycles. The molecule has 0 N–H and O–H groups in total. The second-order valence-corrected chi connectivity index (χ2v) is 7.26. The molecule has 0 atom stereocenters. The number of hydrogen-bond acceptors (Lipinski definition) is 6. The number of methoxy groups -OCH3 is 1. The van der Waals surface area contributed by atoms with Crippen molar-refractivity contribution in [3.05, 3.63) is 28.6 Å². The number of carbonyl (C=O) groups excluding carboxylic acids is 1. The Kier molecular flexibility index (Phi) is 5.20. The Morgan fingerprint density at radius 1 is 1.41 bits per heavy atom. The van der Waals surface area contributed by atoms with Gasteiger partial charge in [0.25, 0.3) is 0 Å². The number of nitrogens with zero attached hydrogens (tertiary/aromatic N) is 3. The monoisotopic (exact) mass is 337 g/mol. The largest absolute Gasteiger partial charge is 0.383 e. The maximum atomic E-state index is 12.1. The number of ether oxygens (including phenoxy) is 1. The third-order valence-corrected chi connectivity index (χ3v) is 5.65. The van der Waals surface area contributed by atoms with Gasteiger partial charge in [0.1, 0.15) is 5.01 Å². The summed E-state index contributed by atoms with van der Waals surface area (Å²) in [6.45, 7) is 4.25. The van der Waals surface area contributed by atoms with Crippen molar-refractivity contribution in [1.82, 2.24) is 14.8 Å². The summed E-state index contributed by atoms with van der Waals surface area (Å²) in [4.78, 5) is 23.1. The van der Waals surface area contributed by atoms with Crippen molar-refractivity contribution in [2.75, 3.05) is 39.9 Å². The van der Waals surface area contributed by atoms with Gasteiger partial charge in [-0.1, -0.05) is 6.07 Å². The number of carbonyl (C=O) groups is 1. The van der Waals surface area contributed by atoms with Gasteiger partial charge in [-0.3, -0.25) is 9.69 Å². The summed E-state index contributed by atoms with van der Waals surface area (Å²) in [7, 11) is 1.66. The van der Waals surface area contributed by atoms with Gasteiger partial charge in [-0.25, -0.2) is 4.98 Å². The van der Waals surface area contributed by atoms with Crippen LogP contribution in [0.25, 0.3) is 9.88 Å². The summed E-state index contributed by atoms with van der Waals surface area (Å²) in [5.74, 6) is 0.186. The van der Waals surface area contributed by atoms with Gasteiger partial charge in [-0.2, -0.15) is 0 Å². The summed E-state index contributed by atoms with van der Waals surface area (Å²) >= 11 is 3.42. The molecule has 5 nitrogen and oxygen atoms in total. The van der Waals surface area contributed by atoms with Crippen molar-refractivity contribution >= 4 is 28.6 Å². The van der Waals surface area contributed by atoms with Gasteiger partial charge in [-0.05, 0) is 11.4 Å². The Hall–Kier alpha value is -1.28. The molecule has 0 spiro atoms. The predicted molar refractivity (Wildman–Crippen MR) is 89.2 cm³/mol. The molecule has 2 aromatic rings. The lowest BCUT2D eigenvalue weighted by Gasteiger charge is -2.33. The van der Waals surface area contributed by atoms with Gasteiger partial charge >= 0.3 is 0 Å². The Labute approximate surface area is 138 Å². The second-order valence-electron chi connectivity index (χ2n) is 5.19. The average molecular weight is 337 g/mol. The van der Waals surface area contributed by atoms with Gasteiger partial charge < -0.3 is 9.64 Å². The molecule has 0 aliphatic carbocycles. The zero-order valence-electron chi connectivity index (χ0n) is 12.5. The van der Waals surface area contributed by atoms with Crippen molar-refractivity contribution in [2.45, 2.75) is 6.54 Å². The number of aromatic nitrogens is 1. The maximum absolute atomic E-state index is 12.1. The lowest BCUT2D eigenvalue weighted by atomic mass is 10.3. The van der Waals surface area contributed by atoms with Gasteiger partial charge in [-0.15, -0.1) is 22.7 Å². The van der Waals surface area contributed by atoms with Gasteiger partial charge in [0.15, 0.2) is 0 Å². The molecule has 1 saturated heterocycles. The SMILES string of the molecule is COCCN1CCN(Cc2cnc(-c3cccs3)s2)CC1=O. The standard InChI is InChI=1S/C15H19N3O2S2/c1-20-7-6-18-5-4-17(11-14(18)19)10-12-9-16-15(22-12)13-3-2-8-21-13/h2-3,8-9H,4-7,10-11H2,1H3. The second kappa shape index (κ2) is 7.32. The van der Waals surface area contributed by atoms with E-state index < -0.39 is 0 Å². The first kappa shape index (κ1) is 15.6. The van der Waals surface area contributed by atoms with Crippen LogP contribution in [0.15, 0.2) is 23.7 Å². The smallest absolute Gasteiger partial charge is 0.236 e. The molecular formula is C15H19N3O2S2. The van der Waals surface area contributed by atoms with Crippen molar-refractivity contribution in [1.29, 1.82) is 0 Å². The van der Waals surface area contributed by atoms with E-state index in [1.165, 1.54) is 9.75 Å². The predicted octanol–water partition coefficient (Wildman–Crippen LogP) is 2.16. The first-order chi connectivity index (χ1) is 10.8. The third-order valence-electron chi connectivity index (χ3n) is 3.63. The van der Waals surface area contributed by atoms with Crippen molar-refractivity contribution in [3.8, 4) is 9.88 Å². The van der Waals surface area contributed by atoms with Crippen LogP contribution in [0, 0.1) is 0 Å². The summed E-state index contributed by atoms with van der Waals surface area (Å²) in [6, 6.07) is 4.13. The van der Waals surface area contributed by atoms with E-state index in [1.807, 2.05) is 17.2 Å². The first-order valence-electron chi connectivity index (χ1n) is 7.24. The number of piperazine rings is 1. The minimum absolute atomic E-state index is 0.186. The summed E-state index contributed by atoms with van der Waals surface area (Å²) in [6.07, 6.45) is 1.93. The molecule has 0 unspecified atom stereocenters. The van der Waals surface area contributed by atoms with E-state index in [1.54, 1.807) is 29.8 Å². The van der Waals surface area contributed by atoms with Crippen LogP contribution in [0.1, 0.15) is 4.88 Å². The molecule has 118 valence electrons. The average Bonchev–Trinajstić information content (AvgIpc) is 3.17. The van der Waals surface area contributed by atoms with Crippen molar-refractivity contribution < 1.29 is 9.53 Å². The number of hydrogen-bond donors (Lipinski definition) is 0. The van der Waals surface area contributed by atoms with Gasteiger partial charge in [0, 0.05) is 44.4 Å². The van der Waals surface area contributed by atoms with E-state index in [0.717, 1.165) is 24.6 Å². The third kappa shape index (κ3) is 3.73. The van der Waals surface area contributed by atoms with E-state index >= 15 is 0 Å². The lowest BCUT2D eigenvalue weighted by Crippen LogP contribution is -2.50. The Bertz CT molecular complexity index is 612. The molecule has 0 saturated carbocycles. The molecule has 1 aliphatic heterocycles. The minimum Gasteiger partial charge on any atom is -0.383 e. The van der Waals surface area contributed by atoms with E-state index in [2.05, 4.69) is 21.3 Å². The molecule has 1 fully saturated rings. The molecule has 0 radical (unpaired) electrons. The maximum Gasteiger partial charge on any atom is 0.236 e. The van der Waals surface area contributed by atoms with E-state index in [9.17, 15) is 4.79 Å². The van der Waals surface area contributed by atoms with Crippen LogP contribution in [0.3, 0.4) is 0 Å². The van der Waals surface area contributed by atoms with Gasteiger partial charge in [0.2, 0.25) is 5.91 Å². The highest BCUT2D eigenvalue weighted by Crippen LogP contribution is 2.29. The van der Waals surface area contributed by atoms with Crippen molar-refractivity contribution in [3.63, 3.8) is 0 Å². The molecule has 3 rings (SSSR count).